The van der Waals surface area contributed by atoms with Gasteiger partial charge in [0.25, 0.3) is 0 Å². The van der Waals surface area contributed by atoms with Crippen molar-refractivity contribution in [1.82, 2.24) is 0 Å². The predicted octanol–water partition coefficient (Wildman–Crippen LogP) is 4.23. The molecule has 13 heavy (non-hydrogen) atoms. The van der Waals surface area contributed by atoms with Gasteiger partial charge in [0.2, 0.25) is 0 Å². The van der Waals surface area contributed by atoms with E-state index in [2.05, 4.69) is 18.3 Å². The van der Waals surface area contributed by atoms with E-state index in [9.17, 15) is 0 Å². The molecule has 0 amide bonds. The predicted molar refractivity (Wildman–Crippen MR) is 61.7 cm³/mol. The summed E-state index contributed by atoms with van der Waals surface area (Å²) in [7, 11) is 0. The number of benzene rings is 1. The van der Waals surface area contributed by atoms with Crippen LogP contribution in [-0.2, 0) is 0 Å². The molecule has 0 spiro atoms. The molecule has 0 radical (unpaired) electrons. The summed E-state index contributed by atoms with van der Waals surface area (Å²) >= 11 is 7.77. The summed E-state index contributed by atoms with van der Waals surface area (Å²) in [5.74, 6) is 0. The number of nitrogens with one attached hydrogen (secondary N) is 1. The molecule has 0 fully saturated rings. The Labute approximate surface area is 88.9 Å². The number of para-hydroxylation sites is 1. The third kappa shape index (κ3) is 2.32. The highest BCUT2D eigenvalue weighted by atomic mass is 35.5. The molecule has 0 aromatic heterocycles. The highest BCUT2D eigenvalue weighted by Crippen LogP contribution is 2.41. The zero-order chi connectivity index (χ0) is 9.84. The molecule has 0 bridgehead atoms. The van der Waals surface area contributed by atoms with E-state index in [1.807, 2.05) is 37.7 Å². The van der Waals surface area contributed by atoms with Crippen molar-refractivity contribution in [3.63, 3.8) is 0 Å². The van der Waals surface area contributed by atoms with Crippen LogP contribution in [0.5, 0.6) is 0 Å². The van der Waals surface area contributed by atoms with Crippen LogP contribution in [0.15, 0.2) is 23.1 Å². The van der Waals surface area contributed by atoms with E-state index in [0.717, 1.165) is 10.7 Å². The lowest BCUT2D eigenvalue weighted by molar-refractivity contribution is 1.15. The first-order valence-electron chi connectivity index (χ1n) is 4.49. The van der Waals surface area contributed by atoms with E-state index >= 15 is 0 Å². The number of hydrogen-bond acceptors (Lipinski definition) is 2. The van der Waals surface area contributed by atoms with Gasteiger partial charge in [-0.05, 0) is 19.1 Å². The molecular formula is C10H14ClNS. The Morgan fingerprint density at radius 1 is 1.38 bits per heavy atom. The maximum absolute atomic E-state index is 5.96. The van der Waals surface area contributed by atoms with Gasteiger partial charge in [-0.3, -0.25) is 0 Å². The monoisotopic (exact) mass is 215 g/mol. The van der Waals surface area contributed by atoms with Crippen molar-refractivity contribution in [1.29, 1.82) is 0 Å². The van der Waals surface area contributed by atoms with E-state index in [4.69, 9.17) is 11.6 Å². The number of rotatable bonds is 0. The maximum atomic E-state index is 5.96. The maximum Gasteiger partial charge on any atom is 0.0742 e. The Hall–Kier alpha value is -0.340. The molecule has 3 heteroatoms. The first-order chi connectivity index (χ1) is 6.27. The Morgan fingerprint density at radius 2 is 2.08 bits per heavy atom. The lowest BCUT2D eigenvalue weighted by Crippen LogP contribution is -2.02. The third-order valence-corrected chi connectivity index (χ3v) is 3.01. The van der Waals surface area contributed by atoms with E-state index in [1.54, 1.807) is 0 Å². The molecule has 1 atom stereocenters. The number of hydrogen-bond donors (Lipinski definition) is 1. The summed E-state index contributed by atoms with van der Waals surface area (Å²) in [6, 6.07) is 5.97. The normalized spacial score (nSPS) is 18.3. The van der Waals surface area contributed by atoms with Crippen molar-refractivity contribution >= 4 is 29.1 Å². The molecule has 1 nitrogen and oxygen atoms in total. The average molecular weight is 216 g/mol. The Morgan fingerprint density at radius 3 is 2.69 bits per heavy atom. The Bertz CT molecular complexity index is 288. The van der Waals surface area contributed by atoms with Crippen molar-refractivity contribution < 1.29 is 0 Å². The quantitative estimate of drug-likeness (QED) is 0.695. The van der Waals surface area contributed by atoms with Crippen LogP contribution in [0, 0.1) is 0 Å². The van der Waals surface area contributed by atoms with Gasteiger partial charge in [-0.15, -0.1) is 0 Å². The van der Waals surface area contributed by atoms with Crippen LogP contribution in [-0.4, -0.2) is 5.37 Å². The topological polar surface area (TPSA) is 12.0 Å². The fraction of sp³-hybridized carbons (Fsp3) is 0.400. The molecular weight excluding hydrogens is 202 g/mol. The van der Waals surface area contributed by atoms with Gasteiger partial charge in [0.1, 0.15) is 0 Å². The lowest BCUT2D eigenvalue weighted by Gasteiger charge is -2.01. The van der Waals surface area contributed by atoms with Gasteiger partial charge >= 0.3 is 0 Å². The highest BCUT2D eigenvalue weighted by molar-refractivity contribution is 8.00. The fourth-order valence-electron chi connectivity index (χ4n) is 1.17. The van der Waals surface area contributed by atoms with E-state index in [-0.39, 0.29) is 0 Å². The molecule has 0 aliphatic carbocycles. The van der Waals surface area contributed by atoms with Gasteiger partial charge in [-0.25, -0.2) is 0 Å². The van der Waals surface area contributed by atoms with E-state index in [0.29, 0.717) is 5.37 Å². The van der Waals surface area contributed by atoms with Crippen molar-refractivity contribution in [2.24, 2.45) is 0 Å². The minimum Gasteiger partial charge on any atom is -0.371 e. The van der Waals surface area contributed by atoms with Crippen LogP contribution < -0.4 is 5.32 Å². The second-order valence-electron chi connectivity index (χ2n) is 2.52. The number of fused-ring (bicyclic) bond motifs is 1. The second kappa shape index (κ2) is 4.77. The van der Waals surface area contributed by atoms with Gasteiger partial charge in [-0.2, -0.15) is 0 Å². The summed E-state index contributed by atoms with van der Waals surface area (Å²) in [5, 5.41) is 4.56. The SMILES string of the molecule is CC.CC1Nc2c(Cl)cccc2S1. The Kier molecular flexibility index (Phi) is 3.94. The molecule has 0 saturated heterocycles. The summed E-state index contributed by atoms with van der Waals surface area (Å²) in [4.78, 5) is 1.25. The largest absolute Gasteiger partial charge is 0.371 e. The second-order valence-corrected chi connectivity index (χ2v) is 4.31. The van der Waals surface area contributed by atoms with Gasteiger partial charge in [0, 0.05) is 4.90 Å². The van der Waals surface area contributed by atoms with Gasteiger partial charge in [0.15, 0.2) is 0 Å². The molecule has 1 aliphatic heterocycles. The van der Waals surface area contributed by atoms with Crippen molar-refractivity contribution in [2.45, 2.75) is 31.0 Å². The molecule has 72 valence electrons. The van der Waals surface area contributed by atoms with Gasteiger partial charge in [0.05, 0.1) is 16.1 Å². The summed E-state index contributed by atoms with van der Waals surface area (Å²) in [6.45, 7) is 6.13. The standard InChI is InChI=1S/C8H8ClNS.C2H6/c1-5-10-8-6(9)3-2-4-7(8)11-5;1-2/h2-5,10H,1H3;1-2H3. The first-order valence-corrected chi connectivity index (χ1v) is 5.75. The average Bonchev–Trinajstić information content (AvgIpc) is 2.51. The zero-order valence-corrected chi connectivity index (χ0v) is 9.67. The summed E-state index contributed by atoms with van der Waals surface area (Å²) < 4.78 is 0. The zero-order valence-electron chi connectivity index (χ0n) is 8.10. The van der Waals surface area contributed by atoms with E-state index in [1.165, 1.54) is 4.90 Å². The van der Waals surface area contributed by atoms with Crippen LogP contribution in [0.2, 0.25) is 5.02 Å². The minimum absolute atomic E-state index is 0.449. The molecule has 1 aromatic carbocycles. The van der Waals surface area contributed by atoms with Crippen LogP contribution in [0.25, 0.3) is 0 Å². The lowest BCUT2D eigenvalue weighted by atomic mass is 10.3. The van der Waals surface area contributed by atoms with Crippen LogP contribution in [0.3, 0.4) is 0 Å². The molecule has 1 aromatic rings. The van der Waals surface area contributed by atoms with Crippen LogP contribution in [0.1, 0.15) is 20.8 Å². The molecule has 1 heterocycles. The number of anilines is 1. The Balaban J connectivity index is 0.000000396. The number of thioether (sulfide) groups is 1. The molecule has 1 unspecified atom stereocenters. The fourth-order valence-corrected chi connectivity index (χ4v) is 2.45. The number of halogens is 1. The van der Waals surface area contributed by atoms with Gasteiger partial charge < -0.3 is 5.32 Å². The third-order valence-electron chi connectivity index (χ3n) is 1.63. The van der Waals surface area contributed by atoms with Crippen molar-refractivity contribution in [2.75, 3.05) is 5.32 Å². The molecule has 0 saturated carbocycles. The summed E-state index contributed by atoms with van der Waals surface area (Å²) in [5.41, 5.74) is 1.09. The molecule has 1 N–H and O–H groups in total. The van der Waals surface area contributed by atoms with Crippen molar-refractivity contribution in [3.05, 3.63) is 23.2 Å². The first kappa shape index (κ1) is 10.7. The molecule has 2 rings (SSSR count). The van der Waals surface area contributed by atoms with Crippen LogP contribution in [0.4, 0.5) is 5.69 Å². The minimum atomic E-state index is 0.449. The van der Waals surface area contributed by atoms with Crippen LogP contribution >= 0.6 is 23.4 Å². The highest BCUT2D eigenvalue weighted by Gasteiger charge is 2.18. The smallest absolute Gasteiger partial charge is 0.0742 e. The van der Waals surface area contributed by atoms with Gasteiger partial charge in [-0.1, -0.05) is 43.3 Å². The van der Waals surface area contributed by atoms with E-state index < -0.39 is 0 Å². The van der Waals surface area contributed by atoms with Crippen molar-refractivity contribution in [3.8, 4) is 0 Å². The summed E-state index contributed by atoms with van der Waals surface area (Å²) in [6.07, 6.45) is 0. The molecule has 1 aliphatic rings.